The van der Waals surface area contributed by atoms with Gasteiger partial charge in [-0.25, -0.2) is 0 Å². The van der Waals surface area contributed by atoms with Crippen LogP contribution in [0.5, 0.6) is 28.7 Å². The summed E-state index contributed by atoms with van der Waals surface area (Å²) in [5.74, 6) is 0.0793. The molecule has 0 amide bonds. The quantitative estimate of drug-likeness (QED) is 0.207. The molecule has 0 saturated heterocycles. The number of carbonyl (C=O) groups excluding carboxylic acids is 1. The number of aryl methyl sites for hydroxylation is 2. The van der Waals surface area contributed by atoms with E-state index >= 15 is 0 Å². The second-order valence-electron chi connectivity index (χ2n) is 10.1. The van der Waals surface area contributed by atoms with Crippen molar-refractivity contribution in [2.24, 2.45) is 0 Å². The summed E-state index contributed by atoms with van der Waals surface area (Å²) >= 11 is 0. The van der Waals surface area contributed by atoms with Crippen LogP contribution in [-0.4, -0.2) is 48.7 Å². The Labute approximate surface area is 250 Å². The van der Waals surface area contributed by atoms with Crippen LogP contribution >= 0.6 is 0 Å². The number of phenolic OH excluding ortho intramolecular Hbond substituents is 1. The third-order valence-electron chi connectivity index (χ3n) is 7.43. The SMILES string of the molecule is COC(=O)C[C@H](c1cccc(OC)c1OCCc1ccc(OC)cc1)c1c(O)cc(C)n(CCc2ccc(O)cc2)c1=O. The smallest absolute Gasteiger partial charge is 0.306 e. The summed E-state index contributed by atoms with van der Waals surface area (Å²) in [5.41, 5.74) is 2.71. The van der Waals surface area contributed by atoms with E-state index in [1.54, 1.807) is 61.1 Å². The van der Waals surface area contributed by atoms with Crippen molar-refractivity contribution in [1.29, 1.82) is 0 Å². The standard InChI is InChI=1S/C34H37NO8/c1-22-20-29(37)32(34(39)35(22)18-16-23-8-12-25(36)13-9-23)28(21-31(38)42-4)27-6-5-7-30(41-3)33(27)43-19-17-24-10-14-26(40-2)15-11-24/h5-15,20,28,36-37H,16-19,21H2,1-4H3/t28-/m1/s1. The molecular formula is C34H37NO8. The summed E-state index contributed by atoms with van der Waals surface area (Å²) < 4.78 is 23.7. The van der Waals surface area contributed by atoms with Crippen molar-refractivity contribution in [2.45, 2.75) is 38.6 Å². The number of para-hydroxylation sites is 1. The Morgan fingerprint density at radius 3 is 2.21 bits per heavy atom. The topological polar surface area (TPSA) is 116 Å². The lowest BCUT2D eigenvalue weighted by molar-refractivity contribution is -0.140. The highest BCUT2D eigenvalue weighted by molar-refractivity contribution is 5.72. The van der Waals surface area contributed by atoms with Gasteiger partial charge in [0.05, 0.1) is 39.9 Å². The van der Waals surface area contributed by atoms with Crippen molar-refractivity contribution in [3.8, 4) is 28.7 Å². The van der Waals surface area contributed by atoms with Crippen LogP contribution in [0.1, 0.15) is 40.3 Å². The molecule has 0 aliphatic rings. The van der Waals surface area contributed by atoms with E-state index in [1.165, 1.54) is 20.3 Å². The maximum absolute atomic E-state index is 14.0. The molecule has 0 unspecified atom stereocenters. The molecule has 0 saturated carbocycles. The fourth-order valence-electron chi connectivity index (χ4n) is 5.08. The van der Waals surface area contributed by atoms with E-state index in [-0.39, 0.29) is 23.5 Å². The van der Waals surface area contributed by atoms with Gasteiger partial charge in [0.1, 0.15) is 17.2 Å². The number of aromatic hydroxyl groups is 2. The van der Waals surface area contributed by atoms with Gasteiger partial charge in [0.2, 0.25) is 0 Å². The molecule has 1 aromatic heterocycles. The highest BCUT2D eigenvalue weighted by Crippen LogP contribution is 2.42. The number of carbonyl (C=O) groups is 1. The number of hydrogen-bond donors (Lipinski definition) is 2. The van der Waals surface area contributed by atoms with E-state index in [0.717, 1.165) is 16.9 Å². The van der Waals surface area contributed by atoms with E-state index in [4.69, 9.17) is 18.9 Å². The molecular weight excluding hydrogens is 550 g/mol. The number of nitrogens with zero attached hydrogens (tertiary/aromatic N) is 1. The van der Waals surface area contributed by atoms with Crippen molar-refractivity contribution in [2.75, 3.05) is 27.9 Å². The molecule has 9 nitrogen and oxygen atoms in total. The molecule has 4 aromatic rings. The Morgan fingerprint density at radius 1 is 0.884 bits per heavy atom. The highest BCUT2D eigenvalue weighted by Gasteiger charge is 2.30. The predicted octanol–water partition coefficient (Wildman–Crippen LogP) is 5.14. The van der Waals surface area contributed by atoms with Crippen LogP contribution in [0, 0.1) is 6.92 Å². The first-order valence-electron chi connectivity index (χ1n) is 14.0. The van der Waals surface area contributed by atoms with Gasteiger partial charge < -0.3 is 33.7 Å². The van der Waals surface area contributed by atoms with Crippen LogP contribution in [0.4, 0.5) is 0 Å². The summed E-state index contributed by atoms with van der Waals surface area (Å²) in [5, 5.41) is 20.7. The Balaban J connectivity index is 1.72. The van der Waals surface area contributed by atoms with Gasteiger partial charge in [0, 0.05) is 30.1 Å². The van der Waals surface area contributed by atoms with Crippen LogP contribution < -0.4 is 19.8 Å². The Kier molecular flexibility index (Phi) is 10.3. The zero-order chi connectivity index (χ0) is 30.9. The number of phenols is 1. The first kappa shape index (κ1) is 31.0. The molecule has 43 heavy (non-hydrogen) atoms. The summed E-state index contributed by atoms with van der Waals surface area (Å²) in [6.45, 7) is 2.37. The van der Waals surface area contributed by atoms with Crippen LogP contribution in [0.3, 0.4) is 0 Å². The number of methoxy groups -OCH3 is 3. The van der Waals surface area contributed by atoms with Crippen molar-refractivity contribution >= 4 is 5.97 Å². The third kappa shape index (κ3) is 7.48. The molecule has 0 aliphatic heterocycles. The maximum atomic E-state index is 14.0. The fourth-order valence-corrected chi connectivity index (χ4v) is 5.08. The van der Waals surface area contributed by atoms with Gasteiger partial charge in [-0.15, -0.1) is 0 Å². The third-order valence-corrected chi connectivity index (χ3v) is 7.43. The number of rotatable bonds is 13. The molecule has 0 spiro atoms. The lowest BCUT2D eigenvalue weighted by Crippen LogP contribution is -2.29. The van der Waals surface area contributed by atoms with E-state index in [2.05, 4.69) is 0 Å². The van der Waals surface area contributed by atoms with Gasteiger partial charge in [0.15, 0.2) is 11.5 Å². The zero-order valence-electron chi connectivity index (χ0n) is 24.8. The van der Waals surface area contributed by atoms with E-state index in [1.807, 2.05) is 24.3 Å². The Hall–Kier alpha value is -4.92. The molecule has 9 heteroatoms. The summed E-state index contributed by atoms with van der Waals surface area (Å²) in [6, 6.07) is 21.2. The molecule has 4 rings (SSSR count). The number of hydrogen-bond acceptors (Lipinski definition) is 8. The molecule has 2 N–H and O–H groups in total. The number of benzene rings is 3. The Morgan fingerprint density at radius 2 is 1.56 bits per heavy atom. The van der Waals surface area contributed by atoms with Crippen LogP contribution in [0.25, 0.3) is 0 Å². The van der Waals surface area contributed by atoms with E-state index in [0.29, 0.717) is 48.7 Å². The second kappa shape index (κ2) is 14.3. The molecule has 0 bridgehead atoms. The molecule has 1 atom stereocenters. The van der Waals surface area contributed by atoms with Gasteiger partial charge in [-0.3, -0.25) is 9.59 Å². The number of esters is 1. The predicted molar refractivity (Wildman–Crippen MR) is 163 cm³/mol. The minimum Gasteiger partial charge on any atom is -0.508 e. The van der Waals surface area contributed by atoms with Crippen molar-refractivity contribution in [3.63, 3.8) is 0 Å². The molecule has 0 radical (unpaired) electrons. The van der Waals surface area contributed by atoms with Crippen LogP contribution in [0.2, 0.25) is 0 Å². The second-order valence-corrected chi connectivity index (χ2v) is 10.1. The summed E-state index contributed by atoms with van der Waals surface area (Å²) in [7, 11) is 4.41. The lowest BCUT2D eigenvalue weighted by atomic mass is 9.87. The number of aromatic nitrogens is 1. The summed E-state index contributed by atoms with van der Waals surface area (Å²) in [4.78, 5) is 26.7. The normalized spacial score (nSPS) is 11.5. The monoisotopic (exact) mass is 587 g/mol. The zero-order valence-corrected chi connectivity index (χ0v) is 24.8. The highest BCUT2D eigenvalue weighted by atomic mass is 16.5. The number of pyridine rings is 1. The van der Waals surface area contributed by atoms with Gasteiger partial charge in [0.25, 0.3) is 5.56 Å². The van der Waals surface area contributed by atoms with Crippen LogP contribution in [-0.2, 0) is 28.9 Å². The van der Waals surface area contributed by atoms with Crippen molar-refractivity contribution < 1.29 is 34.0 Å². The van der Waals surface area contributed by atoms with Gasteiger partial charge in [-0.05, 0) is 60.9 Å². The largest absolute Gasteiger partial charge is 0.508 e. The average molecular weight is 588 g/mol. The molecule has 0 fully saturated rings. The number of ether oxygens (including phenoxy) is 4. The Bertz CT molecular complexity index is 1590. The molecule has 226 valence electrons. The first-order chi connectivity index (χ1) is 20.7. The van der Waals surface area contributed by atoms with Crippen molar-refractivity contribution in [1.82, 2.24) is 4.57 Å². The summed E-state index contributed by atoms with van der Waals surface area (Å²) in [6.07, 6.45) is 0.900. The maximum Gasteiger partial charge on any atom is 0.306 e. The minimum absolute atomic E-state index is 0.0648. The van der Waals surface area contributed by atoms with E-state index in [9.17, 15) is 19.8 Å². The van der Waals surface area contributed by atoms with Gasteiger partial charge in [-0.2, -0.15) is 0 Å². The van der Waals surface area contributed by atoms with Crippen molar-refractivity contribution in [3.05, 3.63) is 111 Å². The molecule has 0 aliphatic carbocycles. The van der Waals surface area contributed by atoms with Crippen LogP contribution in [0.15, 0.2) is 77.6 Å². The fraction of sp³-hybridized carbons (Fsp3) is 0.294. The first-order valence-corrected chi connectivity index (χ1v) is 14.0. The van der Waals surface area contributed by atoms with E-state index < -0.39 is 17.4 Å². The minimum atomic E-state index is -0.883. The average Bonchev–Trinajstić information content (AvgIpc) is 3.01. The van der Waals surface area contributed by atoms with Gasteiger partial charge in [-0.1, -0.05) is 36.4 Å². The molecule has 1 heterocycles. The van der Waals surface area contributed by atoms with Gasteiger partial charge >= 0.3 is 5.97 Å². The molecule has 3 aromatic carbocycles. The lowest BCUT2D eigenvalue weighted by Gasteiger charge is -2.23.